The van der Waals surface area contributed by atoms with Gasteiger partial charge in [-0.25, -0.2) is 4.98 Å². The van der Waals surface area contributed by atoms with E-state index < -0.39 is 0 Å². The molecular formula is C28H31N5O4. The molecular weight excluding hydrogens is 470 g/mol. The van der Waals surface area contributed by atoms with E-state index >= 15 is 0 Å². The van der Waals surface area contributed by atoms with Crippen LogP contribution in [0.5, 0.6) is 11.5 Å². The smallest absolute Gasteiger partial charge is 0.310 e. The van der Waals surface area contributed by atoms with Crippen LogP contribution in [0.25, 0.3) is 22.0 Å². The van der Waals surface area contributed by atoms with Crippen molar-refractivity contribution in [2.75, 3.05) is 13.7 Å². The minimum Gasteiger partial charge on any atom is -0.494 e. The van der Waals surface area contributed by atoms with Gasteiger partial charge in [0.25, 0.3) is 0 Å². The van der Waals surface area contributed by atoms with Crippen LogP contribution in [0.3, 0.4) is 0 Å². The van der Waals surface area contributed by atoms with Crippen LogP contribution in [0.4, 0.5) is 0 Å². The first-order valence-corrected chi connectivity index (χ1v) is 12.1. The van der Waals surface area contributed by atoms with E-state index in [-0.39, 0.29) is 30.9 Å². The summed E-state index contributed by atoms with van der Waals surface area (Å²) in [4.78, 5) is 16.3. The van der Waals surface area contributed by atoms with Crippen LogP contribution in [0.1, 0.15) is 43.8 Å². The SMILES string of the molecule is CCOC(=O)Cc1ccccc1OCc1nn(C(C)C)c2ccc(-c3ccnc(C(=N)N)c3OC)cc12. The number of nitrogen functional groups attached to an aromatic ring is 1. The van der Waals surface area contributed by atoms with Gasteiger partial charge < -0.3 is 19.9 Å². The number of para-hydroxylation sites is 1. The standard InChI is InChI=1S/C28H31N5O4/c1-5-36-25(34)15-19-8-6-7-9-24(19)37-16-22-21-14-18(10-11-23(21)33(32-22)17(2)3)20-12-13-31-26(28(29)30)27(20)35-4/h6-14,17H,5,15-16H2,1-4H3,(H3,29,30). The maximum Gasteiger partial charge on any atom is 0.310 e. The van der Waals surface area contributed by atoms with E-state index in [9.17, 15) is 4.79 Å². The van der Waals surface area contributed by atoms with Gasteiger partial charge in [-0.3, -0.25) is 14.9 Å². The molecule has 9 nitrogen and oxygen atoms in total. The molecule has 0 atom stereocenters. The number of amidine groups is 1. The summed E-state index contributed by atoms with van der Waals surface area (Å²) in [5.74, 6) is 0.592. The average Bonchev–Trinajstić information content (AvgIpc) is 3.26. The number of carbonyl (C=O) groups excluding carboxylic acids is 1. The number of pyridine rings is 1. The molecule has 0 saturated heterocycles. The van der Waals surface area contributed by atoms with Crippen molar-refractivity contribution in [3.05, 3.63) is 71.7 Å². The van der Waals surface area contributed by atoms with E-state index in [1.54, 1.807) is 13.1 Å². The van der Waals surface area contributed by atoms with Gasteiger partial charge >= 0.3 is 5.97 Å². The lowest BCUT2D eigenvalue weighted by molar-refractivity contribution is -0.142. The topological polar surface area (TPSA) is 125 Å². The number of hydrogen-bond donors (Lipinski definition) is 2. The van der Waals surface area contributed by atoms with Crippen LogP contribution in [0.15, 0.2) is 54.7 Å². The van der Waals surface area contributed by atoms with E-state index in [0.717, 1.165) is 33.3 Å². The summed E-state index contributed by atoms with van der Waals surface area (Å²) >= 11 is 0. The summed E-state index contributed by atoms with van der Waals surface area (Å²) in [7, 11) is 1.54. The molecule has 3 N–H and O–H groups in total. The number of hydrogen-bond acceptors (Lipinski definition) is 7. The van der Waals surface area contributed by atoms with E-state index in [1.165, 1.54) is 7.11 Å². The minimum absolute atomic E-state index is 0.135. The molecule has 9 heteroatoms. The summed E-state index contributed by atoms with van der Waals surface area (Å²) in [5.41, 5.74) is 10.2. The third kappa shape index (κ3) is 5.40. The van der Waals surface area contributed by atoms with Gasteiger partial charge in [0, 0.05) is 28.8 Å². The first-order valence-electron chi connectivity index (χ1n) is 12.1. The molecule has 4 aromatic rings. The van der Waals surface area contributed by atoms with Gasteiger partial charge in [0.2, 0.25) is 0 Å². The Labute approximate surface area is 215 Å². The van der Waals surface area contributed by atoms with Crippen molar-refractivity contribution in [1.82, 2.24) is 14.8 Å². The summed E-state index contributed by atoms with van der Waals surface area (Å²) in [6.45, 7) is 6.48. The van der Waals surface area contributed by atoms with Gasteiger partial charge in [0.1, 0.15) is 29.6 Å². The summed E-state index contributed by atoms with van der Waals surface area (Å²) in [6.07, 6.45) is 1.75. The van der Waals surface area contributed by atoms with Crippen LogP contribution in [-0.4, -0.2) is 40.3 Å². The number of nitrogens with zero attached hydrogens (tertiary/aromatic N) is 3. The molecule has 37 heavy (non-hydrogen) atoms. The van der Waals surface area contributed by atoms with E-state index in [4.69, 9.17) is 30.5 Å². The number of benzene rings is 2. The number of nitrogens with one attached hydrogen (secondary N) is 1. The van der Waals surface area contributed by atoms with Gasteiger partial charge in [0.15, 0.2) is 5.75 Å². The summed E-state index contributed by atoms with van der Waals surface area (Å²) in [6, 6.07) is 15.5. The molecule has 0 aliphatic carbocycles. The second kappa shape index (κ2) is 11.1. The molecule has 0 radical (unpaired) electrons. The van der Waals surface area contributed by atoms with Gasteiger partial charge in [-0.1, -0.05) is 24.3 Å². The van der Waals surface area contributed by atoms with Crippen LogP contribution < -0.4 is 15.2 Å². The quantitative estimate of drug-likeness (QED) is 0.184. The Morgan fingerprint density at radius 1 is 1.16 bits per heavy atom. The number of ether oxygens (including phenoxy) is 3. The molecule has 0 bridgehead atoms. The van der Waals surface area contributed by atoms with Crippen molar-refractivity contribution in [3.8, 4) is 22.6 Å². The molecule has 2 aromatic carbocycles. The van der Waals surface area contributed by atoms with Crippen molar-refractivity contribution >= 4 is 22.7 Å². The van der Waals surface area contributed by atoms with Gasteiger partial charge in [-0.15, -0.1) is 0 Å². The predicted molar refractivity (Wildman–Crippen MR) is 142 cm³/mol. The van der Waals surface area contributed by atoms with Crippen molar-refractivity contribution in [1.29, 1.82) is 5.41 Å². The normalized spacial score (nSPS) is 11.1. The number of esters is 1. The number of rotatable bonds is 10. The first kappa shape index (κ1) is 25.7. The highest BCUT2D eigenvalue weighted by Gasteiger charge is 2.19. The zero-order chi connectivity index (χ0) is 26.5. The van der Waals surface area contributed by atoms with Crippen LogP contribution in [0, 0.1) is 5.41 Å². The number of fused-ring (bicyclic) bond motifs is 1. The Morgan fingerprint density at radius 3 is 2.65 bits per heavy atom. The maximum atomic E-state index is 12.1. The van der Waals surface area contributed by atoms with E-state index in [1.807, 2.05) is 53.2 Å². The van der Waals surface area contributed by atoms with Crippen LogP contribution in [0.2, 0.25) is 0 Å². The van der Waals surface area contributed by atoms with Crippen LogP contribution >= 0.6 is 0 Å². The number of aromatic nitrogens is 3. The molecule has 0 aliphatic rings. The Hall–Kier alpha value is -4.40. The van der Waals surface area contributed by atoms with Gasteiger partial charge in [-0.05, 0) is 50.6 Å². The van der Waals surface area contributed by atoms with Crippen molar-refractivity contribution in [2.24, 2.45) is 5.73 Å². The third-order valence-corrected chi connectivity index (χ3v) is 5.92. The first-order chi connectivity index (χ1) is 17.8. The molecule has 0 fully saturated rings. The fraction of sp³-hybridized carbons (Fsp3) is 0.286. The highest BCUT2D eigenvalue weighted by atomic mass is 16.5. The van der Waals surface area contributed by atoms with Gasteiger partial charge in [0.05, 0.1) is 25.7 Å². The lowest BCUT2D eigenvalue weighted by atomic mass is 10.0. The van der Waals surface area contributed by atoms with Gasteiger partial charge in [-0.2, -0.15) is 5.10 Å². The highest BCUT2D eigenvalue weighted by molar-refractivity contribution is 5.98. The average molecular weight is 502 g/mol. The Kier molecular flexibility index (Phi) is 7.71. The monoisotopic (exact) mass is 501 g/mol. The predicted octanol–water partition coefficient (Wildman–Crippen LogP) is 4.66. The summed E-state index contributed by atoms with van der Waals surface area (Å²) < 4.78 is 18.8. The van der Waals surface area contributed by atoms with Crippen molar-refractivity contribution in [3.63, 3.8) is 0 Å². The molecule has 0 spiro atoms. The Morgan fingerprint density at radius 2 is 1.95 bits per heavy atom. The second-order valence-electron chi connectivity index (χ2n) is 8.75. The lowest BCUT2D eigenvalue weighted by Crippen LogP contribution is -2.15. The fourth-order valence-corrected chi connectivity index (χ4v) is 4.25. The van der Waals surface area contributed by atoms with E-state index in [2.05, 4.69) is 18.8 Å². The number of methoxy groups -OCH3 is 1. The highest BCUT2D eigenvalue weighted by Crippen LogP contribution is 2.35. The van der Waals surface area contributed by atoms with Crippen LogP contribution in [-0.2, 0) is 22.6 Å². The molecule has 4 rings (SSSR count). The third-order valence-electron chi connectivity index (χ3n) is 5.92. The molecule has 0 unspecified atom stereocenters. The van der Waals surface area contributed by atoms with Crippen molar-refractivity contribution < 1.29 is 19.0 Å². The zero-order valence-corrected chi connectivity index (χ0v) is 21.4. The molecule has 2 aromatic heterocycles. The minimum atomic E-state index is -0.297. The van der Waals surface area contributed by atoms with Crippen molar-refractivity contribution in [2.45, 2.75) is 39.8 Å². The van der Waals surface area contributed by atoms with E-state index in [0.29, 0.717) is 23.8 Å². The second-order valence-corrected chi connectivity index (χ2v) is 8.75. The largest absolute Gasteiger partial charge is 0.494 e. The Balaban J connectivity index is 1.73. The molecule has 192 valence electrons. The fourth-order valence-electron chi connectivity index (χ4n) is 4.25. The lowest BCUT2D eigenvalue weighted by Gasteiger charge is -2.13. The zero-order valence-electron chi connectivity index (χ0n) is 21.4. The summed E-state index contributed by atoms with van der Waals surface area (Å²) in [5, 5.41) is 13.6. The molecule has 0 aliphatic heterocycles. The Bertz CT molecular complexity index is 1440. The molecule has 0 amide bonds. The number of carbonyl (C=O) groups is 1. The maximum absolute atomic E-state index is 12.1. The number of nitrogens with two attached hydrogens (primary N) is 1. The molecule has 2 heterocycles. The molecule has 0 saturated carbocycles.